The van der Waals surface area contributed by atoms with Crippen LogP contribution >= 0.6 is 0 Å². The van der Waals surface area contributed by atoms with Gasteiger partial charge < -0.3 is 4.74 Å². The summed E-state index contributed by atoms with van der Waals surface area (Å²) in [4.78, 5) is 2.74. The molecular formula is C19H31NO. The zero-order chi connectivity index (χ0) is 15.1. The molecule has 1 aliphatic carbocycles. The summed E-state index contributed by atoms with van der Waals surface area (Å²) in [5.41, 5.74) is 1.47. The van der Waals surface area contributed by atoms with Gasteiger partial charge >= 0.3 is 0 Å². The molecule has 118 valence electrons. The summed E-state index contributed by atoms with van der Waals surface area (Å²) in [5.74, 6) is 1.67. The molecule has 2 heteroatoms. The van der Waals surface area contributed by atoms with Gasteiger partial charge in [-0.1, -0.05) is 38.8 Å². The van der Waals surface area contributed by atoms with Crippen LogP contribution < -0.4 is 4.74 Å². The van der Waals surface area contributed by atoms with E-state index in [9.17, 15) is 0 Å². The topological polar surface area (TPSA) is 12.5 Å². The van der Waals surface area contributed by atoms with Crippen LogP contribution in [0.5, 0.6) is 5.75 Å². The molecule has 1 aliphatic rings. The first-order chi connectivity index (χ1) is 10.3. The molecule has 0 aliphatic heterocycles. The third-order valence-corrected chi connectivity index (χ3v) is 4.74. The highest BCUT2D eigenvalue weighted by atomic mass is 16.5. The predicted molar refractivity (Wildman–Crippen MR) is 90.1 cm³/mol. The van der Waals surface area contributed by atoms with E-state index in [-0.39, 0.29) is 0 Å². The lowest BCUT2D eigenvalue weighted by Gasteiger charge is -2.40. The number of ether oxygens (including phenoxy) is 1. The van der Waals surface area contributed by atoms with Gasteiger partial charge in [0.15, 0.2) is 0 Å². The number of hydrogen-bond acceptors (Lipinski definition) is 2. The molecule has 1 fully saturated rings. The van der Waals surface area contributed by atoms with E-state index < -0.39 is 0 Å². The van der Waals surface area contributed by atoms with Gasteiger partial charge in [-0.05, 0) is 62.4 Å². The summed E-state index contributed by atoms with van der Waals surface area (Å²) in [6.07, 6.45) is 7.92. The van der Waals surface area contributed by atoms with Crippen LogP contribution in [0.3, 0.4) is 0 Å². The molecule has 0 aromatic heterocycles. The minimum absolute atomic E-state index is 0.673. The van der Waals surface area contributed by atoms with Crippen LogP contribution in [-0.2, 0) is 0 Å². The standard InChI is InChI=1S/C19H31NO/c1-4-13-20(14-5-2)19-12-7-6-11-18(19)16-9-8-10-17(15-16)21-3/h8-10,15,18-19H,4-7,11-14H2,1-3H3/t18-,19-/m0/s1. The highest BCUT2D eigenvalue weighted by Gasteiger charge is 2.30. The molecule has 2 rings (SSSR count). The van der Waals surface area contributed by atoms with E-state index in [0.717, 1.165) is 5.75 Å². The van der Waals surface area contributed by atoms with Crippen molar-refractivity contribution in [3.8, 4) is 5.75 Å². The van der Waals surface area contributed by atoms with Crippen molar-refractivity contribution in [2.45, 2.75) is 64.3 Å². The zero-order valence-electron chi connectivity index (χ0n) is 14.0. The third-order valence-electron chi connectivity index (χ3n) is 4.74. The zero-order valence-corrected chi connectivity index (χ0v) is 14.0. The summed E-state index contributed by atoms with van der Waals surface area (Å²) in [6.45, 7) is 7.07. The van der Waals surface area contributed by atoms with Gasteiger partial charge in [0.25, 0.3) is 0 Å². The van der Waals surface area contributed by atoms with E-state index >= 15 is 0 Å². The Morgan fingerprint density at radius 1 is 1.10 bits per heavy atom. The average molecular weight is 289 g/mol. The Kier molecular flexibility index (Phi) is 6.56. The van der Waals surface area contributed by atoms with Crippen molar-refractivity contribution in [1.29, 1.82) is 0 Å². The summed E-state index contributed by atoms with van der Waals surface area (Å²) < 4.78 is 5.42. The van der Waals surface area contributed by atoms with Crippen molar-refractivity contribution in [2.75, 3.05) is 20.2 Å². The Balaban J connectivity index is 2.20. The molecule has 0 unspecified atom stereocenters. The van der Waals surface area contributed by atoms with Gasteiger partial charge in [-0.2, -0.15) is 0 Å². The first kappa shape index (κ1) is 16.4. The van der Waals surface area contributed by atoms with Crippen LogP contribution in [0.4, 0.5) is 0 Å². The maximum Gasteiger partial charge on any atom is 0.119 e. The highest BCUT2D eigenvalue weighted by molar-refractivity contribution is 5.32. The van der Waals surface area contributed by atoms with E-state index in [0.29, 0.717) is 12.0 Å². The maximum atomic E-state index is 5.42. The lowest BCUT2D eigenvalue weighted by atomic mass is 9.79. The van der Waals surface area contributed by atoms with Crippen LogP contribution in [0, 0.1) is 0 Å². The van der Waals surface area contributed by atoms with Gasteiger partial charge in [0.1, 0.15) is 5.75 Å². The van der Waals surface area contributed by atoms with Crippen molar-refractivity contribution >= 4 is 0 Å². The second-order valence-electron chi connectivity index (χ2n) is 6.27. The molecule has 0 spiro atoms. The molecule has 0 radical (unpaired) electrons. The van der Waals surface area contributed by atoms with Gasteiger partial charge in [0, 0.05) is 6.04 Å². The second-order valence-corrected chi connectivity index (χ2v) is 6.27. The van der Waals surface area contributed by atoms with Crippen molar-refractivity contribution in [3.63, 3.8) is 0 Å². The van der Waals surface area contributed by atoms with Crippen molar-refractivity contribution in [1.82, 2.24) is 4.90 Å². The van der Waals surface area contributed by atoms with Crippen molar-refractivity contribution in [3.05, 3.63) is 29.8 Å². The van der Waals surface area contributed by atoms with Gasteiger partial charge in [-0.3, -0.25) is 4.90 Å². The number of nitrogens with zero attached hydrogens (tertiary/aromatic N) is 1. The van der Waals surface area contributed by atoms with E-state index in [1.165, 1.54) is 57.2 Å². The van der Waals surface area contributed by atoms with Gasteiger partial charge in [-0.25, -0.2) is 0 Å². The fourth-order valence-corrected chi connectivity index (χ4v) is 3.83. The maximum absolute atomic E-state index is 5.42. The molecule has 2 nitrogen and oxygen atoms in total. The van der Waals surface area contributed by atoms with Crippen LogP contribution in [0.25, 0.3) is 0 Å². The normalized spacial score (nSPS) is 22.5. The van der Waals surface area contributed by atoms with Crippen LogP contribution in [0.1, 0.15) is 63.9 Å². The third kappa shape index (κ3) is 4.23. The number of methoxy groups -OCH3 is 1. The average Bonchev–Trinajstić information content (AvgIpc) is 2.55. The number of rotatable bonds is 7. The number of hydrogen-bond donors (Lipinski definition) is 0. The minimum atomic E-state index is 0.673. The minimum Gasteiger partial charge on any atom is -0.497 e. The van der Waals surface area contributed by atoms with Crippen molar-refractivity contribution in [2.24, 2.45) is 0 Å². The first-order valence-electron chi connectivity index (χ1n) is 8.68. The molecule has 0 saturated heterocycles. The fraction of sp³-hybridized carbons (Fsp3) is 0.684. The molecule has 1 aromatic carbocycles. The van der Waals surface area contributed by atoms with Crippen LogP contribution in [0.15, 0.2) is 24.3 Å². The van der Waals surface area contributed by atoms with Gasteiger partial charge in [0.2, 0.25) is 0 Å². The molecule has 1 saturated carbocycles. The predicted octanol–water partition coefficient (Wildman–Crippen LogP) is 4.84. The van der Waals surface area contributed by atoms with E-state index in [4.69, 9.17) is 4.74 Å². The monoisotopic (exact) mass is 289 g/mol. The summed E-state index contributed by atoms with van der Waals surface area (Å²) in [6, 6.07) is 9.45. The molecule has 0 bridgehead atoms. The van der Waals surface area contributed by atoms with E-state index in [1.807, 2.05) is 0 Å². The molecule has 1 aromatic rings. The van der Waals surface area contributed by atoms with E-state index in [1.54, 1.807) is 7.11 Å². The molecule has 21 heavy (non-hydrogen) atoms. The first-order valence-corrected chi connectivity index (χ1v) is 8.68. The SMILES string of the molecule is CCCN(CCC)[C@H]1CCCC[C@H]1c1cccc(OC)c1. The van der Waals surface area contributed by atoms with Gasteiger partial charge in [-0.15, -0.1) is 0 Å². The Labute approximate surface area is 130 Å². The largest absolute Gasteiger partial charge is 0.497 e. The smallest absolute Gasteiger partial charge is 0.119 e. The molecule has 0 heterocycles. The summed E-state index contributed by atoms with van der Waals surface area (Å²) in [5, 5.41) is 0. The van der Waals surface area contributed by atoms with Crippen molar-refractivity contribution < 1.29 is 4.74 Å². The lowest BCUT2D eigenvalue weighted by molar-refractivity contribution is 0.135. The Bertz CT molecular complexity index is 412. The van der Waals surface area contributed by atoms with Crippen LogP contribution in [0.2, 0.25) is 0 Å². The Morgan fingerprint density at radius 2 is 1.81 bits per heavy atom. The molecular weight excluding hydrogens is 258 g/mol. The van der Waals surface area contributed by atoms with E-state index in [2.05, 4.69) is 43.0 Å². The quantitative estimate of drug-likeness (QED) is 0.712. The molecule has 2 atom stereocenters. The summed E-state index contributed by atoms with van der Waals surface area (Å²) >= 11 is 0. The highest BCUT2D eigenvalue weighted by Crippen LogP contribution is 2.37. The number of benzene rings is 1. The fourth-order valence-electron chi connectivity index (χ4n) is 3.83. The van der Waals surface area contributed by atoms with Crippen LogP contribution in [-0.4, -0.2) is 31.1 Å². The Hall–Kier alpha value is -1.02. The second kappa shape index (κ2) is 8.43. The molecule has 0 N–H and O–H groups in total. The van der Waals surface area contributed by atoms with Gasteiger partial charge in [0.05, 0.1) is 7.11 Å². The summed E-state index contributed by atoms with van der Waals surface area (Å²) in [7, 11) is 1.76. The molecule has 0 amide bonds. The lowest BCUT2D eigenvalue weighted by Crippen LogP contribution is -2.42. The Morgan fingerprint density at radius 3 is 2.48 bits per heavy atom.